The first-order valence-corrected chi connectivity index (χ1v) is 10.5. The van der Waals surface area contributed by atoms with Crippen molar-refractivity contribution in [2.75, 3.05) is 13.2 Å². The zero-order chi connectivity index (χ0) is 20.5. The van der Waals surface area contributed by atoms with Gasteiger partial charge in [-0.05, 0) is 37.8 Å². The molecule has 2 fully saturated rings. The number of hydrogen-bond donors (Lipinski definition) is 4. The van der Waals surface area contributed by atoms with Crippen LogP contribution in [0.15, 0.2) is 36.5 Å². The van der Waals surface area contributed by atoms with Gasteiger partial charge in [-0.1, -0.05) is 18.2 Å². The van der Waals surface area contributed by atoms with Crippen LogP contribution >= 0.6 is 0 Å². The number of aromatic amines is 2. The van der Waals surface area contributed by atoms with E-state index in [1.54, 1.807) is 6.07 Å². The number of benzene rings is 1. The molecule has 8 heteroatoms. The molecule has 156 valence electrons. The second-order valence-electron chi connectivity index (χ2n) is 8.10. The van der Waals surface area contributed by atoms with Crippen molar-refractivity contribution in [3.63, 3.8) is 0 Å². The average molecular weight is 407 g/mol. The van der Waals surface area contributed by atoms with Crippen LogP contribution < -0.4 is 10.6 Å². The maximum Gasteiger partial charge on any atom is 0.269 e. The minimum atomic E-state index is -0.205. The predicted octanol–water partition coefficient (Wildman–Crippen LogP) is 2.36. The van der Waals surface area contributed by atoms with Crippen LogP contribution in [0.1, 0.15) is 36.2 Å². The first-order chi connectivity index (χ1) is 14.7. The summed E-state index contributed by atoms with van der Waals surface area (Å²) in [4.78, 5) is 28.5. The molecule has 1 aliphatic heterocycles. The van der Waals surface area contributed by atoms with Crippen LogP contribution in [0.5, 0.6) is 0 Å². The molecular formula is C22H25N5O3. The number of carbonyl (C=O) groups excluding carboxylic acids is 2. The quantitative estimate of drug-likeness (QED) is 0.520. The lowest BCUT2D eigenvalue weighted by Crippen LogP contribution is -2.50. The summed E-state index contributed by atoms with van der Waals surface area (Å²) in [6.07, 6.45) is 5.36. The minimum Gasteiger partial charge on any atom is -0.381 e. The zero-order valence-corrected chi connectivity index (χ0v) is 16.6. The molecule has 2 amide bonds. The summed E-state index contributed by atoms with van der Waals surface area (Å²) in [6, 6.07) is 9.63. The Morgan fingerprint density at radius 3 is 2.77 bits per heavy atom. The smallest absolute Gasteiger partial charge is 0.269 e. The van der Waals surface area contributed by atoms with Gasteiger partial charge in [0.2, 0.25) is 5.91 Å². The number of para-hydroxylation sites is 1. The van der Waals surface area contributed by atoms with Gasteiger partial charge in [-0.3, -0.25) is 14.7 Å². The van der Waals surface area contributed by atoms with Crippen molar-refractivity contribution < 1.29 is 14.3 Å². The van der Waals surface area contributed by atoms with Crippen LogP contribution in [0.3, 0.4) is 0 Å². The van der Waals surface area contributed by atoms with Gasteiger partial charge in [0.1, 0.15) is 5.69 Å². The van der Waals surface area contributed by atoms with Crippen LogP contribution in [0.4, 0.5) is 0 Å². The number of H-pyrrole nitrogens is 2. The van der Waals surface area contributed by atoms with E-state index in [4.69, 9.17) is 4.74 Å². The monoisotopic (exact) mass is 407 g/mol. The highest BCUT2D eigenvalue weighted by Crippen LogP contribution is 2.27. The molecule has 30 heavy (non-hydrogen) atoms. The average Bonchev–Trinajstić information content (AvgIpc) is 3.53. The van der Waals surface area contributed by atoms with Gasteiger partial charge in [0.05, 0.1) is 18.2 Å². The molecule has 0 bridgehead atoms. The van der Waals surface area contributed by atoms with E-state index in [0.717, 1.165) is 47.8 Å². The minimum absolute atomic E-state index is 0.0295. The van der Waals surface area contributed by atoms with Gasteiger partial charge >= 0.3 is 0 Å². The predicted molar refractivity (Wildman–Crippen MR) is 112 cm³/mol. The van der Waals surface area contributed by atoms with Gasteiger partial charge < -0.3 is 20.4 Å². The Labute approximate surface area is 173 Å². The fourth-order valence-electron chi connectivity index (χ4n) is 4.45. The summed E-state index contributed by atoms with van der Waals surface area (Å²) in [5.41, 5.74) is 3.11. The number of nitrogens with zero attached hydrogens (tertiary/aromatic N) is 1. The van der Waals surface area contributed by atoms with Crippen LogP contribution in [0.25, 0.3) is 22.2 Å². The highest BCUT2D eigenvalue weighted by molar-refractivity contribution is 5.97. The maximum absolute atomic E-state index is 12.8. The largest absolute Gasteiger partial charge is 0.381 e. The van der Waals surface area contributed by atoms with E-state index in [1.165, 1.54) is 0 Å². The van der Waals surface area contributed by atoms with E-state index in [9.17, 15) is 9.59 Å². The Kier molecular flexibility index (Phi) is 5.00. The molecule has 2 aromatic heterocycles. The van der Waals surface area contributed by atoms with Crippen molar-refractivity contribution >= 4 is 22.7 Å². The van der Waals surface area contributed by atoms with Crippen molar-refractivity contribution in [2.24, 2.45) is 5.92 Å². The van der Waals surface area contributed by atoms with Gasteiger partial charge in [0.15, 0.2) is 0 Å². The van der Waals surface area contributed by atoms with Gasteiger partial charge in [-0.2, -0.15) is 5.10 Å². The summed E-state index contributed by atoms with van der Waals surface area (Å²) in [6.45, 7) is 1.13. The highest BCUT2D eigenvalue weighted by atomic mass is 16.5. The molecule has 0 unspecified atom stereocenters. The van der Waals surface area contributed by atoms with E-state index in [1.807, 2.05) is 30.5 Å². The molecular weight excluding hydrogens is 382 g/mol. The standard InChI is InChI=1S/C22H25N5O3/c28-21(13-8-9-30-12-13)24-17-6-3-7-18(17)25-22(29)20-10-19(26-27-20)15-11-23-16-5-2-1-4-14(15)16/h1-2,4-5,10-11,13,17-18,23H,3,6-9,12H2,(H,24,28)(H,25,29)(H,26,27)/t13-,17+,18-/m0/s1. The summed E-state index contributed by atoms with van der Waals surface area (Å²) in [5, 5.41) is 14.4. The number of amides is 2. The van der Waals surface area contributed by atoms with Gasteiger partial charge in [0.25, 0.3) is 5.91 Å². The molecule has 1 saturated heterocycles. The third-order valence-electron chi connectivity index (χ3n) is 6.15. The Bertz CT molecular complexity index is 1070. The SMILES string of the molecule is O=C(N[C@H]1CCC[C@H]1NC(=O)[C@H]1CCOC1)c1cc(-c2c[nH]c3ccccc23)n[nH]1. The third-order valence-corrected chi connectivity index (χ3v) is 6.15. The molecule has 3 heterocycles. The van der Waals surface area contributed by atoms with Crippen LogP contribution in [0, 0.1) is 5.92 Å². The number of ether oxygens (including phenoxy) is 1. The topological polar surface area (TPSA) is 112 Å². The van der Waals surface area contributed by atoms with Gasteiger partial charge in [-0.25, -0.2) is 0 Å². The number of fused-ring (bicyclic) bond motifs is 1. The Morgan fingerprint density at radius 2 is 1.93 bits per heavy atom. The second-order valence-corrected chi connectivity index (χ2v) is 8.10. The van der Waals surface area contributed by atoms with Crippen LogP contribution in [0.2, 0.25) is 0 Å². The molecule has 1 aromatic carbocycles. The number of hydrogen-bond acceptors (Lipinski definition) is 4. The fraction of sp³-hybridized carbons (Fsp3) is 0.409. The fourth-order valence-corrected chi connectivity index (χ4v) is 4.45. The van der Waals surface area contributed by atoms with E-state index in [0.29, 0.717) is 18.9 Å². The summed E-state index contributed by atoms with van der Waals surface area (Å²) >= 11 is 0. The van der Waals surface area contributed by atoms with Crippen LogP contribution in [-0.4, -0.2) is 52.3 Å². The van der Waals surface area contributed by atoms with E-state index < -0.39 is 0 Å². The van der Waals surface area contributed by atoms with Crippen molar-refractivity contribution in [2.45, 2.75) is 37.8 Å². The van der Waals surface area contributed by atoms with E-state index in [2.05, 4.69) is 25.8 Å². The van der Waals surface area contributed by atoms with E-state index in [-0.39, 0.29) is 29.8 Å². The first-order valence-electron chi connectivity index (χ1n) is 10.5. The van der Waals surface area contributed by atoms with Crippen molar-refractivity contribution in [1.82, 2.24) is 25.8 Å². The third kappa shape index (κ3) is 3.59. The lowest BCUT2D eigenvalue weighted by Gasteiger charge is -2.23. The molecule has 4 N–H and O–H groups in total. The van der Waals surface area contributed by atoms with Crippen molar-refractivity contribution in [3.8, 4) is 11.3 Å². The zero-order valence-electron chi connectivity index (χ0n) is 16.6. The normalized spacial score (nSPS) is 23.7. The maximum atomic E-state index is 12.8. The Morgan fingerprint density at radius 1 is 1.10 bits per heavy atom. The summed E-state index contributed by atoms with van der Waals surface area (Å²) in [5.74, 6) is -0.251. The number of rotatable bonds is 5. The molecule has 1 saturated carbocycles. The number of nitrogens with one attached hydrogen (secondary N) is 4. The molecule has 3 atom stereocenters. The molecule has 5 rings (SSSR count). The molecule has 0 radical (unpaired) electrons. The van der Waals surface area contributed by atoms with Crippen molar-refractivity contribution in [3.05, 3.63) is 42.2 Å². The second kappa shape index (κ2) is 7.95. The summed E-state index contributed by atoms with van der Waals surface area (Å²) < 4.78 is 5.31. The molecule has 0 spiro atoms. The van der Waals surface area contributed by atoms with Crippen LogP contribution in [-0.2, 0) is 9.53 Å². The molecule has 8 nitrogen and oxygen atoms in total. The number of carbonyl (C=O) groups is 2. The molecule has 1 aliphatic carbocycles. The van der Waals surface area contributed by atoms with Crippen molar-refractivity contribution in [1.29, 1.82) is 0 Å². The Hall–Kier alpha value is -3.13. The van der Waals surface area contributed by atoms with Gasteiger partial charge in [-0.15, -0.1) is 0 Å². The lowest BCUT2D eigenvalue weighted by molar-refractivity contribution is -0.125. The summed E-state index contributed by atoms with van der Waals surface area (Å²) in [7, 11) is 0. The Balaban J connectivity index is 1.26. The highest BCUT2D eigenvalue weighted by Gasteiger charge is 2.33. The first kappa shape index (κ1) is 18.9. The van der Waals surface area contributed by atoms with Gasteiger partial charge in [0, 0.05) is 41.4 Å². The van der Waals surface area contributed by atoms with E-state index >= 15 is 0 Å². The lowest BCUT2D eigenvalue weighted by atomic mass is 10.1. The number of aromatic nitrogens is 3. The molecule has 3 aromatic rings. The molecule has 2 aliphatic rings.